The first-order valence-electron chi connectivity index (χ1n) is 9.19. The summed E-state index contributed by atoms with van der Waals surface area (Å²) in [5.41, 5.74) is 5.89. The first-order chi connectivity index (χ1) is 14.7. The fourth-order valence-electron chi connectivity index (χ4n) is 2.28. The number of benzene rings is 2. The third-order valence-electron chi connectivity index (χ3n) is 3.92. The van der Waals surface area contributed by atoms with Crippen LogP contribution in [0.15, 0.2) is 36.4 Å². The highest BCUT2D eigenvalue weighted by molar-refractivity contribution is 6.31. The predicted octanol–water partition coefficient (Wildman–Crippen LogP) is 2.68. The van der Waals surface area contributed by atoms with Gasteiger partial charge in [0.2, 0.25) is 0 Å². The van der Waals surface area contributed by atoms with Crippen LogP contribution in [0.5, 0.6) is 11.5 Å². The van der Waals surface area contributed by atoms with Gasteiger partial charge in [0.25, 0.3) is 11.8 Å². The van der Waals surface area contributed by atoms with Gasteiger partial charge >= 0.3 is 0 Å². The molecule has 2 amide bonds. The zero-order valence-electron chi connectivity index (χ0n) is 16.3. The number of carbonyl (C=O) groups excluding carboxylic acids is 2. The van der Waals surface area contributed by atoms with Gasteiger partial charge < -0.3 is 25.8 Å². The van der Waals surface area contributed by atoms with Gasteiger partial charge in [-0.1, -0.05) is 23.2 Å². The van der Waals surface area contributed by atoms with E-state index in [9.17, 15) is 18.4 Å². The van der Waals surface area contributed by atoms with Gasteiger partial charge in [-0.05, 0) is 30.7 Å². The number of amides is 2. The molecule has 0 aliphatic carbocycles. The first-order valence-corrected chi connectivity index (χ1v) is 9.95. The molecule has 0 aromatic heterocycles. The Hall–Kier alpha value is -2.62. The molecule has 168 valence electrons. The molecular formula is C20H21Cl2F2N3O4. The van der Waals surface area contributed by atoms with Gasteiger partial charge in [-0.2, -0.15) is 0 Å². The quantitative estimate of drug-likeness (QED) is 0.463. The monoisotopic (exact) mass is 475 g/mol. The van der Waals surface area contributed by atoms with Crippen LogP contribution in [0.25, 0.3) is 0 Å². The Morgan fingerprint density at radius 3 is 1.87 bits per heavy atom. The molecule has 1 atom stereocenters. The topological polar surface area (TPSA) is 103 Å². The summed E-state index contributed by atoms with van der Waals surface area (Å²) in [6.07, 6.45) is 0.394. The van der Waals surface area contributed by atoms with Crippen LogP contribution in [0.3, 0.4) is 0 Å². The van der Waals surface area contributed by atoms with Crippen LogP contribution in [-0.2, 0) is 9.59 Å². The van der Waals surface area contributed by atoms with E-state index in [2.05, 4.69) is 10.6 Å². The molecule has 0 spiro atoms. The van der Waals surface area contributed by atoms with Gasteiger partial charge in [0.15, 0.2) is 13.2 Å². The number of rotatable bonds is 11. The third-order valence-corrected chi connectivity index (χ3v) is 4.53. The number of nitrogens with two attached hydrogens (primary N) is 1. The van der Waals surface area contributed by atoms with Crippen molar-refractivity contribution in [1.29, 1.82) is 0 Å². The average molecular weight is 476 g/mol. The summed E-state index contributed by atoms with van der Waals surface area (Å²) in [6.45, 7) is -0.189. The van der Waals surface area contributed by atoms with Crippen LogP contribution >= 0.6 is 23.2 Å². The van der Waals surface area contributed by atoms with Crippen molar-refractivity contribution in [3.63, 3.8) is 0 Å². The van der Waals surface area contributed by atoms with Crippen LogP contribution in [-0.4, -0.2) is 44.2 Å². The molecule has 2 rings (SSSR count). The van der Waals surface area contributed by atoms with Crippen molar-refractivity contribution in [3.8, 4) is 11.5 Å². The Kier molecular flexibility index (Phi) is 9.77. The van der Waals surface area contributed by atoms with Crippen molar-refractivity contribution in [1.82, 2.24) is 10.6 Å². The molecule has 0 aliphatic heterocycles. The van der Waals surface area contributed by atoms with Crippen molar-refractivity contribution in [2.75, 3.05) is 26.3 Å². The average Bonchev–Trinajstić information content (AvgIpc) is 2.74. The first kappa shape index (κ1) is 24.6. The Bertz CT molecular complexity index is 918. The Morgan fingerprint density at radius 2 is 1.39 bits per heavy atom. The van der Waals surface area contributed by atoms with E-state index in [4.69, 9.17) is 38.4 Å². The van der Waals surface area contributed by atoms with Crippen LogP contribution in [0.2, 0.25) is 10.0 Å². The van der Waals surface area contributed by atoms with E-state index in [0.29, 0.717) is 6.42 Å². The summed E-state index contributed by atoms with van der Waals surface area (Å²) >= 11 is 11.1. The summed E-state index contributed by atoms with van der Waals surface area (Å²) in [5, 5.41) is 5.11. The number of hydrogen-bond acceptors (Lipinski definition) is 5. The highest BCUT2D eigenvalue weighted by Gasteiger charge is 2.10. The van der Waals surface area contributed by atoms with Gasteiger partial charge in [0.05, 0.1) is 10.0 Å². The summed E-state index contributed by atoms with van der Waals surface area (Å²) in [5.74, 6) is -1.77. The molecule has 2 aromatic rings. The van der Waals surface area contributed by atoms with E-state index in [-0.39, 0.29) is 47.8 Å². The summed E-state index contributed by atoms with van der Waals surface area (Å²) < 4.78 is 37.0. The maximum Gasteiger partial charge on any atom is 0.257 e. The number of carbonyl (C=O) groups is 2. The molecule has 0 heterocycles. The molecule has 0 saturated heterocycles. The lowest BCUT2D eigenvalue weighted by molar-refractivity contribution is -0.124. The van der Waals surface area contributed by atoms with E-state index in [1.807, 2.05) is 0 Å². The Morgan fingerprint density at radius 1 is 0.903 bits per heavy atom. The molecule has 0 fully saturated rings. The molecule has 11 heteroatoms. The SMILES string of the molecule is NC(CCNC(=O)COc1ccc(Cl)c(F)c1)CNC(=O)COc1ccc(Cl)c(F)c1. The molecule has 7 nitrogen and oxygen atoms in total. The highest BCUT2D eigenvalue weighted by atomic mass is 35.5. The minimum Gasteiger partial charge on any atom is -0.484 e. The van der Waals surface area contributed by atoms with Crippen LogP contribution in [0.4, 0.5) is 8.78 Å². The lowest BCUT2D eigenvalue weighted by atomic mass is 10.2. The summed E-state index contributed by atoms with van der Waals surface area (Å²) in [4.78, 5) is 23.5. The van der Waals surface area contributed by atoms with E-state index < -0.39 is 29.5 Å². The third kappa shape index (κ3) is 8.95. The number of hydrogen-bond donors (Lipinski definition) is 3. The fraction of sp³-hybridized carbons (Fsp3) is 0.300. The van der Waals surface area contributed by atoms with Crippen molar-refractivity contribution in [2.24, 2.45) is 5.73 Å². The van der Waals surface area contributed by atoms with Crippen LogP contribution in [0, 0.1) is 11.6 Å². The van der Waals surface area contributed by atoms with E-state index in [0.717, 1.165) is 12.1 Å². The van der Waals surface area contributed by atoms with Gasteiger partial charge in [-0.3, -0.25) is 9.59 Å². The Balaban J connectivity index is 1.57. The largest absolute Gasteiger partial charge is 0.484 e. The second-order valence-corrected chi connectivity index (χ2v) is 7.25. The molecule has 0 bridgehead atoms. The van der Waals surface area contributed by atoms with Gasteiger partial charge in [-0.25, -0.2) is 8.78 Å². The van der Waals surface area contributed by atoms with Gasteiger partial charge in [0, 0.05) is 31.3 Å². The maximum absolute atomic E-state index is 13.3. The number of halogens is 4. The molecule has 31 heavy (non-hydrogen) atoms. The fourth-order valence-corrected chi connectivity index (χ4v) is 2.51. The predicted molar refractivity (Wildman–Crippen MR) is 112 cm³/mol. The Labute approximate surface area is 187 Å². The van der Waals surface area contributed by atoms with Crippen molar-refractivity contribution >= 4 is 35.0 Å². The van der Waals surface area contributed by atoms with Crippen molar-refractivity contribution in [3.05, 3.63) is 58.1 Å². The van der Waals surface area contributed by atoms with Crippen molar-refractivity contribution < 1.29 is 27.8 Å². The number of ether oxygens (including phenoxy) is 2. The lowest BCUT2D eigenvalue weighted by Gasteiger charge is -2.14. The van der Waals surface area contributed by atoms with E-state index in [1.165, 1.54) is 24.3 Å². The molecule has 0 radical (unpaired) electrons. The normalized spacial score (nSPS) is 11.5. The second kappa shape index (κ2) is 12.3. The maximum atomic E-state index is 13.3. The van der Waals surface area contributed by atoms with Crippen molar-refractivity contribution in [2.45, 2.75) is 12.5 Å². The molecular weight excluding hydrogens is 455 g/mol. The number of nitrogens with one attached hydrogen (secondary N) is 2. The van der Waals surface area contributed by atoms with Crippen LogP contribution in [0.1, 0.15) is 6.42 Å². The lowest BCUT2D eigenvalue weighted by Crippen LogP contribution is -2.41. The zero-order valence-corrected chi connectivity index (χ0v) is 17.8. The minimum absolute atomic E-state index is 0.0386. The molecule has 4 N–H and O–H groups in total. The molecule has 1 unspecified atom stereocenters. The van der Waals surface area contributed by atoms with E-state index in [1.54, 1.807) is 0 Å². The highest BCUT2D eigenvalue weighted by Crippen LogP contribution is 2.21. The molecule has 0 saturated carbocycles. The molecule has 2 aromatic carbocycles. The second-order valence-electron chi connectivity index (χ2n) is 6.43. The molecule has 0 aliphatic rings. The zero-order chi connectivity index (χ0) is 22.8. The minimum atomic E-state index is -0.644. The van der Waals surface area contributed by atoms with E-state index >= 15 is 0 Å². The van der Waals surface area contributed by atoms with Gasteiger partial charge in [0.1, 0.15) is 23.1 Å². The summed E-state index contributed by atoms with van der Waals surface area (Å²) in [6, 6.07) is 7.30. The van der Waals surface area contributed by atoms with Crippen LogP contribution < -0.4 is 25.8 Å². The standard InChI is InChI=1S/C20H21Cl2F2N3O4/c21-15-3-1-13(7-17(15)23)30-10-19(28)26-6-5-12(25)9-27-20(29)11-31-14-2-4-16(22)18(24)8-14/h1-4,7-8,12H,5-6,9-11,25H2,(H,26,28)(H,27,29). The van der Waals surface area contributed by atoms with Gasteiger partial charge in [-0.15, -0.1) is 0 Å². The summed E-state index contributed by atoms with van der Waals surface area (Å²) in [7, 11) is 0. The smallest absolute Gasteiger partial charge is 0.257 e.